The molecule has 1 nitrogen and oxygen atoms in total. The van der Waals surface area contributed by atoms with E-state index >= 15 is 0 Å². The van der Waals surface area contributed by atoms with Gasteiger partial charge in [-0.05, 0) is 62.5 Å². The van der Waals surface area contributed by atoms with Crippen molar-refractivity contribution in [3.63, 3.8) is 0 Å². The van der Waals surface area contributed by atoms with E-state index in [-0.39, 0.29) is 0 Å². The highest BCUT2D eigenvalue weighted by Gasteiger charge is 2.20. The van der Waals surface area contributed by atoms with Crippen LogP contribution in [0.4, 0.5) is 0 Å². The molecule has 2 heteroatoms. The van der Waals surface area contributed by atoms with Gasteiger partial charge in [0.05, 0.1) is 0 Å². The lowest BCUT2D eigenvalue weighted by atomic mass is 9.94. The average molecular weight is 263 g/mol. The van der Waals surface area contributed by atoms with E-state index in [1.165, 1.54) is 42.4 Å². The van der Waals surface area contributed by atoms with E-state index in [0.717, 1.165) is 17.8 Å². The topological polar surface area (TPSA) is 12.0 Å². The van der Waals surface area contributed by atoms with Gasteiger partial charge in [0, 0.05) is 17.8 Å². The molecule has 0 amide bonds. The van der Waals surface area contributed by atoms with Crippen molar-refractivity contribution in [2.24, 2.45) is 0 Å². The highest BCUT2D eigenvalue weighted by Crippen LogP contribution is 2.27. The van der Waals surface area contributed by atoms with Crippen LogP contribution in [0.1, 0.15) is 42.4 Å². The molecule has 1 N–H and O–H groups in total. The van der Waals surface area contributed by atoms with Crippen LogP contribution in [0.15, 0.2) is 18.2 Å². The highest BCUT2D eigenvalue weighted by atomic mass is 32.2. The summed E-state index contributed by atoms with van der Waals surface area (Å²) in [6, 6.07) is 7.31. The molecule has 1 aliphatic rings. The molecule has 18 heavy (non-hydrogen) atoms. The summed E-state index contributed by atoms with van der Waals surface area (Å²) in [5.74, 6) is 0. The smallest absolute Gasteiger partial charge is 0.0213 e. The number of hydrogen-bond acceptors (Lipinski definition) is 2. The van der Waals surface area contributed by atoms with Crippen LogP contribution < -0.4 is 5.32 Å². The fourth-order valence-corrected chi connectivity index (χ4v) is 3.62. The van der Waals surface area contributed by atoms with Gasteiger partial charge in [-0.2, -0.15) is 11.8 Å². The van der Waals surface area contributed by atoms with Crippen LogP contribution in [-0.4, -0.2) is 17.5 Å². The number of rotatable bonds is 4. The first kappa shape index (κ1) is 14.0. The number of benzene rings is 1. The molecular formula is C16H25NS. The molecule has 0 aliphatic heterocycles. The Morgan fingerprint density at radius 2 is 1.72 bits per heavy atom. The van der Waals surface area contributed by atoms with Crippen molar-refractivity contribution < 1.29 is 0 Å². The third-order valence-corrected chi connectivity index (χ3v) is 5.36. The lowest BCUT2D eigenvalue weighted by Crippen LogP contribution is -2.33. The number of hydrogen-bond donors (Lipinski definition) is 1. The summed E-state index contributed by atoms with van der Waals surface area (Å²) in [6.07, 6.45) is 7.69. The van der Waals surface area contributed by atoms with Gasteiger partial charge in [0.1, 0.15) is 0 Å². The van der Waals surface area contributed by atoms with Crippen LogP contribution in [0.5, 0.6) is 0 Å². The Morgan fingerprint density at radius 3 is 2.28 bits per heavy atom. The Labute approximate surface area is 116 Å². The van der Waals surface area contributed by atoms with Crippen molar-refractivity contribution >= 4 is 11.8 Å². The second kappa shape index (κ2) is 6.63. The zero-order valence-electron chi connectivity index (χ0n) is 11.8. The molecule has 1 aliphatic carbocycles. The van der Waals surface area contributed by atoms with Crippen LogP contribution in [0.25, 0.3) is 0 Å². The summed E-state index contributed by atoms with van der Waals surface area (Å²) >= 11 is 2.04. The van der Waals surface area contributed by atoms with Gasteiger partial charge in [-0.3, -0.25) is 0 Å². The van der Waals surface area contributed by atoms with Crippen molar-refractivity contribution in [3.8, 4) is 0 Å². The minimum atomic E-state index is 0.729. The van der Waals surface area contributed by atoms with E-state index in [0.29, 0.717) is 0 Å². The van der Waals surface area contributed by atoms with Gasteiger partial charge >= 0.3 is 0 Å². The number of nitrogens with one attached hydrogen (secondary N) is 1. The standard InChI is InChI=1S/C16H25NS/c1-12-5-4-6-13(2)16(12)11-17-14-7-9-15(18-3)10-8-14/h4-6,14-15,17H,7-11H2,1-3H3. The van der Waals surface area contributed by atoms with Gasteiger partial charge < -0.3 is 5.32 Å². The van der Waals surface area contributed by atoms with Crippen molar-refractivity contribution in [2.75, 3.05) is 6.26 Å². The summed E-state index contributed by atoms with van der Waals surface area (Å²) in [5.41, 5.74) is 4.32. The van der Waals surface area contributed by atoms with Crippen molar-refractivity contribution in [1.82, 2.24) is 5.32 Å². The Bertz CT molecular complexity index is 360. The fourth-order valence-electron chi connectivity index (χ4n) is 2.88. The average Bonchev–Trinajstić information content (AvgIpc) is 2.39. The van der Waals surface area contributed by atoms with E-state index in [4.69, 9.17) is 0 Å². The molecule has 0 bridgehead atoms. The quantitative estimate of drug-likeness (QED) is 0.879. The maximum atomic E-state index is 3.75. The third-order valence-electron chi connectivity index (χ3n) is 4.22. The molecule has 0 atom stereocenters. The molecule has 0 unspecified atom stereocenters. The van der Waals surface area contributed by atoms with Crippen LogP contribution >= 0.6 is 11.8 Å². The Morgan fingerprint density at radius 1 is 1.11 bits per heavy atom. The van der Waals surface area contributed by atoms with Crippen LogP contribution in [-0.2, 0) is 6.54 Å². The molecule has 0 saturated heterocycles. The van der Waals surface area contributed by atoms with E-state index < -0.39 is 0 Å². The fraction of sp³-hybridized carbons (Fsp3) is 0.625. The van der Waals surface area contributed by atoms with Gasteiger partial charge in [-0.25, -0.2) is 0 Å². The summed E-state index contributed by atoms with van der Waals surface area (Å²) in [6.45, 7) is 5.47. The van der Waals surface area contributed by atoms with E-state index in [9.17, 15) is 0 Å². The maximum Gasteiger partial charge on any atom is 0.0213 e. The van der Waals surface area contributed by atoms with Gasteiger partial charge in [-0.1, -0.05) is 18.2 Å². The molecule has 2 rings (SSSR count). The maximum absolute atomic E-state index is 3.75. The largest absolute Gasteiger partial charge is 0.310 e. The van der Waals surface area contributed by atoms with Crippen LogP contribution in [0.3, 0.4) is 0 Å². The minimum absolute atomic E-state index is 0.729. The van der Waals surface area contributed by atoms with Crippen LogP contribution in [0.2, 0.25) is 0 Å². The molecular weight excluding hydrogens is 238 g/mol. The summed E-state index contributed by atoms with van der Waals surface area (Å²) in [4.78, 5) is 0. The molecule has 1 aromatic rings. The predicted molar refractivity (Wildman–Crippen MR) is 82.3 cm³/mol. The molecule has 0 aromatic heterocycles. The van der Waals surface area contributed by atoms with Crippen molar-refractivity contribution in [1.29, 1.82) is 0 Å². The number of aryl methyl sites for hydroxylation is 2. The predicted octanol–water partition coefficient (Wildman–Crippen LogP) is 4.07. The molecule has 1 saturated carbocycles. The normalized spacial score (nSPS) is 24.2. The number of thioether (sulfide) groups is 1. The lowest BCUT2D eigenvalue weighted by molar-refractivity contribution is 0.378. The zero-order chi connectivity index (χ0) is 13.0. The first-order valence-electron chi connectivity index (χ1n) is 7.02. The molecule has 0 radical (unpaired) electrons. The Balaban J connectivity index is 1.85. The van der Waals surface area contributed by atoms with Gasteiger partial charge in [0.2, 0.25) is 0 Å². The molecule has 100 valence electrons. The Hall–Kier alpha value is -0.470. The SMILES string of the molecule is CSC1CCC(NCc2c(C)cccc2C)CC1. The van der Waals surface area contributed by atoms with Gasteiger partial charge in [-0.15, -0.1) is 0 Å². The second-order valence-corrected chi connectivity index (χ2v) is 6.60. The summed E-state index contributed by atoms with van der Waals surface area (Å²) in [7, 11) is 0. The van der Waals surface area contributed by atoms with E-state index in [1.54, 1.807) is 0 Å². The molecule has 1 fully saturated rings. The van der Waals surface area contributed by atoms with E-state index in [2.05, 4.69) is 43.6 Å². The van der Waals surface area contributed by atoms with E-state index in [1.807, 2.05) is 11.8 Å². The zero-order valence-corrected chi connectivity index (χ0v) is 12.6. The minimum Gasteiger partial charge on any atom is -0.310 e. The monoisotopic (exact) mass is 263 g/mol. The third kappa shape index (κ3) is 3.52. The highest BCUT2D eigenvalue weighted by molar-refractivity contribution is 7.99. The molecule has 0 spiro atoms. The van der Waals surface area contributed by atoms with Gasteiger partial charge in [0.15, 0.2) is 0 Å². The molecule has 1 aromatic carbocycles. The summed E-state index contributed by atoms with van der Waals surface area (Å²) < 4.78 is 0. The second-order valence-electron chi connectivity index (χ2n) is 5.46. The first-order chi connectivity index (χ1) is 8.70. The van der Waals surface area contributed by atoms with Crippen molar-refractivity contribution in [3.05, 3.63) is 34.9 Å². The summed E-state index contributed by atoms with van der Waals surface area (Å²) in [5, 5.41) is 4.66. The lowest BCUT2D eigenvalue weighted by Gasteiger charge is -2.28. The first-order valence-corrected chi connectivity index (χ1v) is 8.30. The van der Waals surface area contributed by atoms with Crippen LogP contribution in [0, 0.1) is 13.8 Å². The Kier molecular flexibility index (Phi) is 5.13. The van der Waals surface area contributed by atoms with Gasteiger partial charge in [0.25, 0.3) is 0 Å². The molecule has 0 heterocycles. The van der Waals surface area contributed by atoms with Crippen molar-refractivity contribution in [2.45, 2.75) is 57.4 Å².